The second-order valence-electron chi connectivity index (χ2n) is 2.27. The first-order valence-corrected chi connectivity index (χ1v) is 3.05. The van der Waals surface area contributed by atoms with Crippen molar-refractivity contribution in [2.75, 3.05) is 13.6 Å². The summed E-state index contributed by atoms with van der Waals surface area (Å²) < 4.78 is 0. The van der Waals surface area contributed by atoms with Crippen LogP contribution in [0.15, 0.2) is 5.11 Å². The Bertz CT molecular complexity index is 196. The summed E-state index contributed by atoms with van der Waals surface area (Å²) in [5, 5.41) is 3.34. The number of likely N-dealkylation sites (N-methyl/N-ethyl adjacent to an activating group) is 1. The van der Waals surface area contributed by atoms with E-state index in [2.05, 4.69) is 10.0 Å². The van der Waals surface area contributed by atoms with E-state index in [0.29, 0.717) is 13.0 Å². The zero-order valence-corrected chi connectivity index (χ0v) is 5.69. The van der Waals surface area contributed by atoms with E-state index in [0.717, 1.165) is 0 Å². The number of likely N-dealkylation sites (tertiary alicyclic amines) is 1. The van der Waals surface area contributed by atoms with E-state index in [1.165, 1.54) is 0 Å². The summed E-state index contributed by atoms with van der Waals surface area (Å²) >= 11 is 0. The molecule has 0 spiro atoms. The number of nitrogens with zero attached hydrogens (tertiary/aromatic N) is 4. The molecule has 0 aliphatic carbocycles. The van der Waals surface area contributed by atoms with Crippen LogP contribution in [0.5, 0.6) is 0 Å². The van der Waals surface area contributed by atoms with Crippen molar-refractivity contribution in [2.24, 2.45) is 5.11 Å². The molecule has 1 aliphatic rings. The lowest BCUT2D eigenvalue weighted by molar-refractivity contribution is -0.127. The van der Waals surface area contributed by atoms with Crippen LogP contribution < -0.4 is 0 Å². The van der Waals surface area contributed by atoms with E-state index in [-0.39, 0.29) is 5.91 Å². The molecule has 1 saturated heterocycles. The average molecular weight is 140 g/mol. The molecule has 0 unspecified atom stereocenters. The van der Waals surface area contributed by atoms with Crippen LogP contribution in [0.25, 0.3) is 10.4 Å². The highest BCUT2D eigenvalue weighted by molar-refractivity contribution is 5.83. The van der Waals surface area contributed by atoms with Crippen molar-refractivity contribution in [2.45, 2.75) is 12.5 Å². The van der Waals surface area contributed by atoms with Crippen LogP contribution >= 0.6 is 0 Å². The molecule has 0 aromatic carbocycles. The highest BCUT2D eigenvalue weighted by Crippen LogP contribution is 2.11. The number of azide groups is 1. The number of carbonyl (C=O) groups excluding carboxylic acids is 1. The van der Waals surface area contributed by atoms with Gasteiger partial charge in [-0.05, 0) is 12.0 Å². The fourth-order valence-electron chi connectivity index (χ4n) is 0.973. The van der Waals surface area contributed by atoms with Crippen LogP contribution in [0, 0.1) is 0 Å². The molecule has 0 aromatic heterocycles. The van der Waals surface area contributed by atoms with Gasteiger partial charge in [0.15, 0.2) is 0 Å². The third kappa shape index (κ3) is 1.04. The Morgan fingerprint density at radius 2 is 2.60 bits per heavy atom. The molecule has 1 fully saturated rings. The molecule has 0 saturated carbocycles. The zero-order chi connectivity index (χ0) is 7.56. The van der Waals surface area contributed by atoms with Gasteiger partial charge in [-0.2, -0.15) is 0 Å². The second kappa shape index (κ2) is 2.58. The third-order valence-corrected chi connectivity index (χ3v) is 1.59. The monoisotopic (exact) mass is 140 g/mol. The number of amides is 1. The number of rotatable bonds is 1. The standard InChI is InChI=1S/C5H8N4O/c1-9-3-2-4(5(9)10)7-8-6/h4H,2-3H2,1H3/t4-/m0/s1. The average Bonchev–Trinajstić information content (AvgIpc) is 2.20. The smallest absolute Gasteiger partial charge is 0.231 e. The maximum Gasteiger partial charge on any atom is 0.231 e. The molecular weight excluding hydrogens is 132 g/mol. The lowest BCUT2D eigenvalue weighted by Gasteiger charge is -2.05. The summed E-state index contributed by atoms with van der Waals surface area (Å²) in [6.07, 6.45) is 0.652. The molecule has 1 amide bonds. The topological polar surface area (TPSA) is 69.1 Å². The molecule has 1 rings (SSSR count). The quantitative estimate of drug-likeness (QED) is 0.297. The number of hydrogen-bond acceptors (Lipinski definition) is 2. The van der Waals surface area contributed by atoms with Gasteiger partial charge in [-0.25, -0.2) is 0 Å². The zero-order valence-electron chi connectivity index (χ0n) is 5.69. The Balaban J connectivity index is 2.66. The minimum absolute atomic E-state index is 0.0715. The Kier molecular flexibility index (Phi) is 1.78. The first-order valence-electron chi connectivity index (χ1n) is 3.05. The fraction of sp³-hybridized carbons (Fsp3) is 0.800. The number of carbonyl (C=O) groups is 1. The lowest BCUT2D eigenvalue weighted by Crippen LogP contribution is -2.23. The highest BCUT2D eigenvalue weighted by atomic mass is 16.2. The van der Waals surface area contributed by atoms with Crippen LogP contribution in [-0.2, 0) is 4.79 Å². The van der Waals surface area contributed by atoms with Gasteiger partial charge < -0.3 is 4.90 Å². The van der Waals surface area contributed by atoms with Crippen molar-refractivity contribution >= 4 is 5.91 Å². The number of hydrogen-bond donors (Lipinski definition) is 0. The minimum atomic E-state index is -0.449. The van der Waals surface area contributed by atoms with Gasteiger partial charge in [0, 0.05) is 18.5 Å². The molecule has 0 bridgehead atoms. The second-order valence-corrected chi connectivity index (χ2v) is 2.27. The van der Waals surface area contributed by atoms with Crippen molar-refractivity contribution < 1.29 is 4.79 Å². The molecule has 0 aromatic rings. The largest absolute Gasteiger partial charge is 0.345 e. The van der Waals surface area contributed by atoms with Crippen LogP contribution in [0.1, 0.15) is 6.42 Å². The maximum absolute atomic E-state index is 11.0. The van der Waals surface area contributed by atoms with Crippen LogP contribution in [-0.4, -0.2) is 30.4 Å². The first-order chi connectivity index (χ1) is 4.75. The summed E-state index contributed by atoms with van der Waals surface area (Å²) in [6.45, 7) is 0.697. The molecule has 1 heterocycles. The van der Waals surface area contributed by atoms with Crippen LogP contribution in [0.3, 0.4) is 0 Å². The normalized spacial score (nSPS) is 24.7. The molecule has 5 heteroatoms. The summed E-state index contributed by atoms with van der Waals surface area (Å²) in [5.41, 5.74) is 8.02. The Labute approximate surface area is 58.2 Å². The molecule has 1 atom stereocenters. The molecule has 0 radical (unpaired) electrons. The third-order valence-electron chi connectivity index (χ3n) is 1.59. The van der Waals surface area contributed by atoms with Gasteiger partial charge in [-0.3, -0.25) is 4.79 Å². The van der Waals surface area contributed by atoms with Gasteiger partial charge in [0.2, 0.25) is 5.91 Å². The van der Waals surface area contributed by atoms with Crippen LogP contribution in [0.4, 0.5) is 0 Å². The molecule has 10 heavy (non-hydrogen) atoms. The summed E-state index contributed by atoms with van der Waals surface area (Å²) in [6, 6.07) is -0.449. The van der Waals surface area contributed by atoms with E-state index < -0.39 is 6.04 Å². The summed E-state index contributed by atoms with van der Waals surface area (Å²) in [7, 11) is 1.70. The van der Waals surface area contributed by atoms with Gasteiger partial charge in [-0.1, -0.05) is 5.11 Å². The minimum Gasteiger partial charge on any atom is -0.345 e. The molecular formula is C5H8N4O. The van der Waals surface area contributed by atoms with Gasteiger partial charge in [0.05, 0.1) is 0 Å². The van der Waals surface area contributed by atoms with Gasteiger partial charge >= 0.3 is 0 Å². The predicted octanol–water partition coefficient (Wildman–Crippen LogP) is 0.527. The van der Waals surface area contributed by atoms with Crippen molar-refractivity contribution in [3.8, 4) is 0 Å². The lowest BCUT2D eigenvalue weighted by atomic mass is 10.3. The fourth-order valence-corrected chi connectivity index (χ4v) is 0.973. The molecule has 1 aliphatic heterocycles. The molecule has 54 valence electrons. The Morgan fingerprint density at radius 1 is 1.90 bits per heavy atom. The van der Waals surface area contributed by atoms with E-state index in [1.54, 1.807) is 11.9 Å². The summed E-state index contributed by atoms with van der Waals surface area (Å²) in [5.74, 6) is -0.0715. The highest BCUT2D eigenvalue weighted by Gasteiger charge is 2.27. The van der Waals surface area contributed by atoms with E-state index >= 15 is 0 Å². The van der Waals surface area contributed by atoms with Crippen molar-refractivity contribution in [3.63, 3.8) is 0 Å². The van der Waals surface area contributed by atoms with Crippen molar-refractivity contribution in [1.29, 1.82) is 0 Å². The van der Waals surface area contributed by atoms with E-state index in [4.69, 9.17) is 5.53 Å². The van der Waals surface area contributed by atoms with Gasteiger partial charge in [0.1, 0.15) is 6.04 Å². The Morgan fingerprint density at radius 3 is 3.00 bits per heavy atom. The van der Waals surface area contributed by atoms with Crippen LogP contribution in [0.2, 0.25) is 0 Å². The van der Waals surface area contributed by atoms with E-state index in [9.17, 15) is 4.79 Å². The van der Waals surface area contributed by atoms with E-state index in [1.807, 2.05) is 0 Å². The van der Waals surface area contributed by atoms with Crippen molar-refractivity contribution in [3.05, 3.63) is 10.4 Å². The first kappa shape index (κ1) is 6.89. The Hall–Kier alpha value is -1.22. The maximum atomic E-state index is 11.0. The molecule has 0 N–H and O–H groups in total. The molecule has 5 nitrogen and oxygen atoms in total. The predicted molar refractivity (Wildman–Crippen MR) is 35.2 cm³/mol. The van der Waals surface area contributed by atoms with Gasteiger partial charge in [-0.15, -0.1) is 0 Å². The summed E-state index contributed by atoms with van der Waals surface area (Å²) in [4.78, 5) is 15.1. The SMILES string of the molecule is CN1CC[C@H](N=[N+]=[N-])C1=O. The van der Waals surface area contributed by atoms with Gasteiger partial charge in [0.25, 0.3) is 0 Å². The van der Waals surface area contributed by atoms with Crippen molar-refractivity contribution in [1.82, 2.24) is 4.90 Å².